The molecule has 25 heavy (non-hydrogen) atoms. The molecule has 0 saturated carbocycles. The zero-order valence-corrected chi connectivity index (χ0v) is 16.9. The molecule has 6 heteroatoms. The maximum Gasteiger partial charge on any atom is 0.191 e. The Balaban J connectivity index is 1.79. The van der Waals surface area contributed by atoms with Gasteiger partial charge in [0.05, 0.1) is 6.54 Å². The summed E-state index contributed by atoms with van der Waals surface area (Å²) in [6, 6.07) is 1.08. The number of nitrogens with one attached hydrogen (secondary N) is 2. The minimum atomic E-state index is 0.519. The molecule has 0 amide bonds. The Bertz CT molecular complexity index is 391. The highest BCUT2D eigenvalue weighted by Crippen LogP contribution is 2.11. The van der Waals surface area contributed by atoms with Gasteiger partial charge in [-0.1, -0.05) is 13.3 Å². The minimum Gasteiger partial charge on any atom is -0.357 e. The first-order valence-electron chi connectivity index (χ1n) is 10.3. The summed E-state index contributed by atoms with van der Waals surface area (Å²) in [4.78, 5) is 12.4. The predicted molar refractivity (Wildman–Crippen MR) is 107 cm³/mol. The van der Waals surface area contributed by atoms with Gasteiger partial charge in [0.15, 0.2) is 5.96 Å². The molecule has 6 nitrogen and oxygen atoms in total. The Kier molecular flexibility index (Phi) is 8.99. The van der Waals surface area contributed by atoms with Crippen molar-refractivity contribution in [3.8, 4) is 0 Å². The average Bonchev–Trinajstić information content (AvgIpc) is 2.62. The van der Waals surface area contributed by atoms with Gasteiger partial charge in [-0.15, -0.1) is 0 Å². The largest absolute Gasteiger partial charge is 0.357 e. The first-order valence-corrected chi connectivity index (χ1v) is 10.3. The molecule has 0 aromatic carbocycles. The summed E-state index contributed by atoms with van der Waals surface area (Å²) in [7, 11) is 4.43. The molecule has 0 aromatic rings. The van der Waals surface area contributed by atoms with Gasteiger partial charge < -0.3 is 20.4 Å². The molecule has 2 rings (SSSR count). The Morgan fingerprint density at radius 2 is 1.84 bits per heavy atom. The highest BCUT2D eigenvalue weighted by molar-refractivity contribution is 5.80. The molecule has 0 spiro atoms. The van der Waals surface area contributed by atoms with Crippen LogP contribution < -0.4 is 10.6 Å². The molecular weight excluding hydrogens is 312 g/mol. The van der Waals surface area contributed by atoms with E-state index in [4.69, 9.17) is 4.99 Å². The maximum atomic E-state index is 4.90. The molecule has 0 aliphatic carbocycles. The Morgan fingerprint density at radius 1 is 1.08 bits per heavy atom. The standard InChI is InChI=1S/C19H40N6/c1-5-7-10-25-11-8-17(9-12-25)22-19(20-6-2)21-15-18-16-23(3)13-14-24(18)4/h17-18H,5-16H2,1-4H3,(H2,20,21,22). The monoisotopic (exact) mass is 352 g/mol. The number of aliphatic imine (C=N–C) groups is 1. The van der Waals surface area contributed by atoms with Crippen molar-refractivity contribution in [2.75, 3.05) is 66.5 Å². The third kappa shape index (κ3) is 7.12. The van der Waals surface area contributed by atoms with Gasteiger partial charge in [-0.3, -0.25) is 9.89 Å². The van der Waals surface area contributed by atoms with Crippen LogP contribution in [0.2, 0.25) is 0 Å². The number of nitrogens with zero attached hydrogens (tertiary/aromatic N) is 4. The van der Waals surface area contributed by atoms with Gasteiger partial charge in [0.1, 0.15) is 0 Å². The van der Waals surface area contributed by atoms with Gasteiger partial charge in [-0.05, 0) is 46.8 Å². The lowest BCUT2D eigenvalue weighted by Gasteiger charge is -2.37. The van der Waals surface area contributed by atoms with Crippen LogP contribution in [0.5, 0.6) is 0 Å². The van der Waals surface area contributed by atoms with Crippen molar-refractivity contribution >= 4 is 5.96 Å². The lowest BCUT2D eigenvalue weighted by atomic mass is 10.0. The second-order valence-corrected chi connectivity index (χ2v) is 7.73. The number of piperidine rings is 1. The van der Waals surface area contributed by atoms with Crippen LogP contribution >= 0.6 is 0 Å². The fraction of sp³-hybridized carbons (Fsp3) is 0.947. The number of hydrogen-bond acceptors (Lipinski definition) is 4. The molecule has 0 aromatic heterocycles. The van der Waals surface area contributed by atoms with Crippen LogP contribution in [-0.2, 0) is 0 Å². The van der Waals surface area contributed by atoms with Crippen molar-refractivity contribution in [1.29, 1.82) is 0 Å². The fourth-order valence-electron chi connectivity index (χ4n) is 3.69. The maximum absolute atomic E-state index is 4.90. The zero-order valence-electron chi connectivity index (χ0n) is 16.9. The van der Waals surface area contributed by atoms with Crippen molar-refractivity contribution in [3.63, 3.8) is 0 Å². The first kappa shape index (κ1) is 20.5. The average molecular weight is 353 g/mol. The molecular formula is C19H40N6. The molecule has 2 heterocycles. The van der Waals surface area contributed by atoms with E-state index in [2.05, 4.69) is 53.3 Å². The second kappa shape index (κ2) is 11.0. The first-order chi connectivity index (χ1) is 12.1. The molecule has 2 aliphatic rings. The molecule has 146 valence electrons. The highest BCUT2D eigenvalue weighted by atomic mass is 15.3. The van der Waals surface area contributed by atoms with E-state index in [1.807, 2.05) is 0 Å². The van der Waals surface area contributed by atoms with Crippen molar-refractivity contribution in [1.82, 2.24) is 25.3 Å². The van der Waals surface area contributed by atoms with Crippen LogP contribution in [0, 0.1) is 0 Å². The lowest BCUT2D eigenvalue weighted by Crippen LogP contribution is -2.52. The Morgan fingerprint density at radius 3 is 2.52 bits per heavy atom. The van der Waals surface area contributed by atoms with Crippen LogP contribution in [0.4, 0.5) is 0 Å². The molecule has 2 fully saturated rings. The Labute approximate surface area is 155 Å². The third-order valence-corrected chi connectivity index (χ3v) is 5.54. The smallest absolute Gasteiger partial charge is 0.191 e. The van der Waals surface area contributed by atoms with E-state index in [0.29, 0.717) is 12.1 Å². The van der Waals surface area contributed by atoms with E-state index in [1.54, 1.807) is 0 Å². The van der Waals surface area contributed by atoms with E-state index < -0.39 is 0 Å². The molecule has 1 unspecified atom stereocenters. The Hall–Kier alpha value is -0.850. The van der Waals surface area contributed by atoms with Gasteiger partial charge >= 0.3 is 0 Å². The second-order valence-electron chi connectivity index (χ2n) is 7.73. The topological polar surface area (TPSA) is 46.1 Å². The number of rotatable bonds is 7. The van der Waals surface area contributed by atoms with Gasteiger partial charge in [0, 0.05) is 51.4 Å². The summed E-state index contributed by atoms with van der Waals surface area (Å²) in [5.74, 6) is 0.996. The minimum absolute atomic E-state index is 0.519. The lowest BCUT2D eigenvalue weighted by molar-refractivity contribution is 0.119. The van der Waals surface area contributed by atoms with Crippen LogP contribution in [0.25, 0.3) is 0 Å². The van der Waals surface area contributed by atoms with Crippen LogP contribution in [0.15, 0.2) is 4.99 Å². The molecule has 2 saturated heterocycles. The van der Waals surface area contributed by atoms with Crippen molar-refractivity contribution in [3.05, 3.63) is 0 Å². The van der Waals surface area contributed by atoms with E-state index in [-0.39, 0.29) is 0 Å². The van der Waals surface area contributed by atoms with Crippen molar-refractivity contribution in [2.24, 2.45) is 4.99 Å². The van der Waals surface area contributed by atoms with Gasteiger partial charge in [0.25, 0.3) is 0 Å². The third-order valence-electron chi connectivity index (χ3n) is 5.54. The number of hydrogen-bond donors (Lipinski definition) is 2. The van der Waals surface area contributed by atoms with E-state index >= 15 is 0 Å². The zero-order chi connectivity index (χ0) is 18.1. The van der Waals surface area contributed by atoms with Gasteiger partial charge in [0.2, 0.25) is 0 Å². The predicted octanol–water partition coefficient (Wildman–Crippen LogP) is 1.05. The quantitative estimate of drug-likeness (QED) is 0.530. The van der Waals surface area contributed by atoms with Crippen molar-refractivity contribution in [2.45, 2.75) is 51.6 Å². The highest BCUT2D eigenvalue weighted by Gasteiger charge is 2.23. The fourth-order valence-corrected chi connectivity index (χ4v) is 3.69. The van der Waals surface area contributed by atoms with Gasteiger partial charge in [-0.25, -0.2) is 0 Å². The van der Waals surface area contributed by atoms with E-state index in [0.717, 1.165) is 38.7 Å². The molecule has 1 atom stereocenters. The summed E-state index contributed by atoms with van der Waals surface area (Å²) in [5.41, 5.74) is 0. The number of unbranched alkanes of at least 4 members (excludes halogenated alkanes) is 1. The normalized spacial score (nSPS) is 25.3. The number of piperazine rings is 1. The SMILES string of the molecule is CCCCN1CCC(NC(=NCC2CN(C)CCN2C)NCC)CC1. The molecule has 0 bridgehead atoms. The summed E-state index contributed by atoms with van der Waals surface area (Å²) in [6.45, 7) is 13.3. The molecule has 0 radical (unpaired) electrons. The number of guanidine groups is 1. The van der Waals surface area contributed by atoms with Gasteiger partial charge in [-0.2, -0.15) is 0 Å². The summed E-state index contributed by atoms with van der Waals surface area (Å²) in [5, 5.41) is 7.11. The summed E-state index contributed by atoms with van der Waals surface area (Å²) < 4.78 is 0. The number of likely N-dealkylation sites (N-methyl/N-ethyl adjacent to an activating group) is 2. The molecule has 2 aliphatic heterocycles. The van der Waals surface area contributed by atoms with E-state index in [1.165, 1.54) is 45.3 Å². The van der Waals surface area contributed by atoms with Crippen LogP contribution in [0.1, 0.15) is 39.5 Å². The summed E-state index contributed by atoms with van der Waals surface area (Å²) >= 11 is 0. The summed E-state index contributed by atoms with van der Waals surface area (Å²) in [6.07, 6.45) is 5.06. The van der Waals surface area contributed by atoms with E-state index in [9.17, 15) is 0 Å². The van der Waals surface area contributed by atoms with Crippen molar-refractivity contribution < 1.29 is 0 Å². The van der Waals surface area contributed by atoms with Crippen LogP contribution in [0.3, 0.4) is 0 Å². The van der Waals surface area contributed by atoms with Crippen LogP contribution in [-0.4, -0.2) is 99.2 Å². The molecule has 2 N–H and O–H groups in total. The number of likely N-dealkylation sites (tertiary alicyclic amines) is 1.